The molecule has 146 valence electrons. The van der Waals surface area contributed by atoms with Gasteiger partial charge in [0.1, 0.15) is 5.75 Å². The molecule has 0 unspecified atom stereocenters. The molecule has 0 fully saturated rings. The first-order valence-corrected chi connectivity index (χ1v) is 10.7. The van der Waals surface area contributed by atoms with Crippen molar-refractivity contribution in [3.05, 3.63) is 58.1 Å². The van der Waals surface area contributed by atoms with Crippen molar-refractivity contribution in [3.63, 3.8) is 0 Å². The lowest BCUT2D eigenvalue weighted by atomic mass is 10.2. The van der Waals surface area contributed by atoms with Crippen molar-refractivity contribution >= 4 is 63.2 Å². The maximum absolute atomic E-state index is 12.1. The van der Waals surface area contributed by atoms with Gasteiger partial charge < -0.3 is 10.1 Å². The Morgan fingerprint density at radius 3 is 2.68 bits per heavy atom. The summed E-state index contributed by atoms with van der Waals surface area (Å²) < 4.78 is 6.42. The van der Waals surface area contributed by atoms with E-state index in [1.807, 2.05) is 31.2 Å². The van der Waals surface area contributed by atoms with Crippen LogP contribution in [0.3, 0.4) is 0 Å². The van der Waals surface area contributed by atoms with Crippen molar-refractivity contribution in [1.82, 2.24) is 10.2 Å². The number of nitrogens with one attached hydrogen (secondary N) is 2. The van der Waals surface area contributed by atoms with E-state index in [4.69, 9.17) is 27.9 Å². The van der Waals surface area contributed by atoms with Gasteiger partial charge in [-0.1, -0.05) is 64.0 Å². The Labute approximate surface area is 180 Å². The predicted octanol–water partition coefficient (Wildman–Crippen LogP) is 5.97. The predicted molar refractivity (Wildman–Crippen MR) is 116 cm³/mol. The molecule has 2 N–H and O–H groups in total. The molecule has 0 saturated heterocycles. The number of nitrogens with zero attached hydrogens (tertiary/aromatic N) is 2. The average Bonchev–Trinajstić information content (AvgIpc) is 3.10. The molecule has 10 heteroatoms. The van der Waals surface area contributed by atoms with Crippen molar-refractivity contribution in [3.8, 4) is 5.75 Å². The third kappa shape index (κ3) is 6.27. The normalized spacial score (nSPS) is 10.5. The molecule has 0 bridgehead atoms. The van der Waals surface area contributed by atoms with Gasteiger partial charge >= 0.3 is 6.03 Å². The largest absolute Gasteiger partial charge is 0.493 e. The van der Waals surface area contributed by atoms with Crippen LogP contribution in [0.4, 0.5) is 15.6 Å². The number of ether oxygens (including phenoxy) is 1. The topological polar surface area (TPSA) is 76.1 Å². The fourth-order valence-corrected chi connectivity index (χ4v) is 4.17. The molecule has 6 nitrogen and oxygen atoms in total. The summed E-state index contributed by atoms with van der Waals surface area (Å²) >= 11 is 14.7. The number of hydrogen-bond donors (Lipinski definition) is 2. The highest BCUT2D eigenvalue weighted by Crippen LogP contribution is 2.27. The first-order chi connectivity index (χ1) is 13.5. The van der Waals surface area contributed by atoms with E-state index in [9.17, 15) is 4.79 Å². The Balaban J connectivity index is 1.43. The van der Waals surface area contributed by atoms with Gasteiger partial charge in [-0.25, -0.2) is 4.79 Å². The Morgan fingerprint density at radius 2 is 1.93 bits per heavy atom. The maximum atomic E-state index is 12.1. The van der Waals surface area contributed by atoms with Crippen LogP contribution in [0.2, 0.25) is 10.0 Å². The van der Waals surface area contributed by atoms with Crippen LogP contribution in [0.15, 0.2) is 46.8 Å². The third-order valence-corrected chi connectivity index (χ3v) is 5.89. The van der Waals surface area contributed by atoms with Gasteiger partial charge in [0.05, 0.1) is 17.3 Å². The summed E-state index contributed by atoms with van der Waals surface area (Å²) in [4.78, 5) is 12.1. The number of benzene rings is 2. The zero-order valence-electron chi connectivity index (χ0n) is 14.7. The van der Waals surface area contributed by atoms with Gasteiger partial charge in [-0.15, -0.1) is 10.2 Å². The molecule has 3 aromatic rings. The summed E-state index contributed by atoms with van der Waals surface area (Å²) in [6, 6.07) is 12.3. The molecule has 0 aliphatic heterocycles. The molecule has 0 saturated carbocycles. The van der Waals surface area contributed by atoms with Crippen LogP contribution < -0.4 is 15.4 Å². The van der Waals surface area contributed by atoms with Gasteiger partial charge in [0.25, 0.3) is 0 Å². The van der Waals surface area contributed by atoms with E-state index in [0.29, 0.717) is 27.5 Å². The second-order valence-corrected chi connectivity index (χ2v) is 8.75. The summed E-state index contributed by atoms with van der Waals surface area (Å²) in [5, 5.41) is 14.5. The van der Waals surface area contributed by atoms with Gasteiger partial charge in [-0.3, -0.25) is 5.32 Å². The van der Waals surface area contributed by atoms with Crippen LogP contribution in [-0.2, 0) is 0 Å². The van der Waals surface area contributed by atoms with Crippen LogP contribution >= 0.6 is 46.3 Å². The number of rotatable bonds is 7. The number of carbonyl (C=O) groups excluding carboxylic acids is 1. The molecule has 0 radical (unpaired) electrons. The molecule has 0 aliphatic carbocycles. The number of urea groups is 1. The Bertz CT molecular complexity index is 951. The van der Waals surface area contributed by atoms with E-state index in [1.165, 1.54) is 28.7 Å². The standard InChI is InChI=1S/C18H16Cl2N4O2S2/c1-11-2-5-13(6-3-11)26-8-9-27-18-24-23-17(28-18)22-16(25)21-15-7-4-12(19)10-14(15)20/h2-7,10H,8-9H2,1H3,(H2,21,22,23,25). The molecule has 0 spiro atoms. The number of amides is 2. The zero-order chi connectivity index (χ0) is 19.9. The van der Waals surface area contributed by atoms with Crippen LogP contribution in [0.5, 0.6) is 5.75 Å². The highest BCUT2D eigenvalue weighted by Gasteiger charge is 2.10. The quantitative estimate of drug-likeness (QED) is 0.261. The smallest absolute Gasteiger partial charge is 0.325 e. The summed E-state index contributed by atoms with van der Waals surface area (Å²) in [5.74, 6) is 1.55. The molecule has 28 heavy (non-hydrogen) atoms. The van der Waals surface area contributed by atoms with E-state index in [0.717, 1.165) is 15.8 Å². The minimum Gasteiger partial charge on any atom is -0.493 e. The van der Waals surface area contributed by atoms with E-state index in [2.05, 4.69) is 20.8 Å². The van der Waals surface area contributed by atoms with E-state index in [-0.39, 0.29) is 0 Å². The first kappa shape index (κ1) is 20.7. The molecule has 2 amide bonds. The van der Waals surface area contributed by atoms with Crippen LogP contribution in [0.25, 0.3) is 0 Å². The maximum Gasteiger partial charge on any atom is 0.325 e. The summed E-state index contributed by atoms with van der Waals surface area (Å²) in [7, 11) is 0. The Hall–Kier alpha value is -2.00. The first-order valence-electron chi connectivity index (χ1n) is 8.18. The number of carbonyl (C=O) groups is 1. The summed E-state index contributed by atoms with van der Waals surface area (Å²) in [5.41, 5.74) is 1.65. The lowest BCUT2D eigenvalue weighted by Crippen LogP contribution is -2.19. The Morgan fingerprint density at radius 1 is 1.14 bits per heavy atom. The molecular weight excluding hydrogens is 439 g/mol. The van der Waals surface area contributed by atoms with Crippen molar-refractivity contribution in [2.45, 2.75) is 11.3 Å². The lowest BCUT2D eigenvalue weighted by molar-refractivity contribution is 0.262. The van der Waals surface area contributed by atoms with Gasteiger partial charge in [0, 0.05) is 10.8 Å². The van der Waals surface area contributed by atoms with Gasteiger partial charge in [-0.2, -0.15) is 0 Å². The summed E-state index contributed by atoms with van der Waals surface area (Å²) in [6.07, 6.45) is 0. The minimum atomic E-state index is -0.459. The summed E-state index contributed by atoms with van der Waals surface area (Å²) in [6.45, 7) is 2.58. The molecule has 0 aliphatic rings. The molecule has 3 rings (SSSR count). The fraction of sp³-hybridized carbons (Fsp3) is 0.167. The number of aromatic nitrogens is 2. The number of anilines is 2. The van der Waals surface area contributed by atoms with E-state index in [1.54, 1.807) is 18.2 Å². The van der Waals surface area contributed by atoms with Crippen molar-refractivity contribution in [2.24, 2.45) is 0 Å². The number of halogens is 2. The zero-order valence-corrected chi connectivity index (χ0v) is 17.9. The monoisotopic (exact) mass is 454 g/mol. The van der Waals surface area contributed by atoms with Gasteiger partial charge in [-0.05, 0) is 37.3 Å². The minimum absolute atomic E-state index is 0.352. The SMILES string of the molecule is Cc1ccc(OCCSc2nnc(NC(=O)Nc3ccc(Cl)cc3Cl)s2)cc1. The second kappa shape index (κ2) is 9.97. The highest BCUT2D eigenvalue weighted by atomic mass is 35.5. The Kier molecular flexibility index (Phi) is 7.38. The lowest BCUT2D eigenvalue weighted by Gasteiger charge is -2.07. The highest BCUT2D eigenvalue weighted by molar-refractivity contribution is 8.01. The average molecular weight is 455 g/mol. The van der Waals surface area contributed by atoms with Crippen LogP contribution in [0.1, 0.15) is 5.56 Å². The third-order valence-electron chi connectivity index (χ3n) is 3.40. The molecule has 0 atom stereocenters. The number of thioether (sulfide) groups is 1. The fourth-order valence-electron chi connectivity index (χ4n) is 2.08. The van der Waals surface area contributed by atoms with Crippen molar-refractivity contribution in [1.29, 1.82) is 0 Å². The van der Waals surface area contributed by atoms with E-state index >= 15 is 0 Å². The molecule has 1 heterocycles. The van der Waals surface area contributed by atoms with E-state index < -0.39 is 6.03 Å². The van der Waals surface area contributed by atoms with Crippen LogP contribution in [-0.4, -0.2) is 28.6 Å². The number of aryl methyl sites for hydroxylation is 1. The van der Waals surface area contributed by atoms with Crippen LogP contribution in [0, 0.1) is 6.92 Å². The molecule has 2 aromatic carbocycles. The number of hydrogen-bond acceptors (Lipinski definition) is 6. The molecule has 1 aromatic heterocycles. The van der Waals surface area contributed by atoms with Crippen molar-refractivity contribution < 1.29 is 9.53 Å². The second-order valence-electron chi connectivity index (χ2n) is 5.59. The van der Waals surface area contributed by atoms with Crippen molar-refractivity contribution in [2.75, 3.05) is 23.0 Å². The molecular formula is C18H16Cl2N4O2S2. The van der Waals surface area contributed by atoms with Gasteiger partial charge in [0.2, 0.25) is 5.13 Å². The van der Waals surface area contributed by atoms with Gasteiger partial charge in [0.15, 0.2) is 4.34 Å².